The summed E-state index contributed by atoms with van der Waals surface area (Å²) in [7, 11) is 0. The van der Waals surface area contributed by atoms with Crippen molar-refractivity contribution < 1.29 is 9.90 Å². The Morgan fingerprint density at radius 1 is 1.26 bits per heavy atom. The van der Waals surface area contributed by atoms with E-state index in [-0.39, 0.29) is 11.9 Å². The molecule has 6 nitrogen and oxygen atoms in total. The minimum absolute atomic E-state index is 0.0295. The largest absolute Gasteiger partial charge is 0.391 e. The van der Waals surface area contributed by atoms with Crippen LogP contribution in [-0.4, -0.2) is 46.0 Å². The second-order valence-corrected chi connectivity index (χ2v) is 7.78. The average molecular weight is 368 g/mol. The van der Waals surface area contributed by atoms with Gasteiger partial charge in [-0.25, -0.2) is 0 Å². The lowest BCUT2D eigenvalue weighted by atomic mass is 10.0. The van der Waals surface area contributed by atoms with E-state index in [1.807, 2.05) is 16.9 Å². The smallest absolute Gasteiger partial charge is 0.222 e. The van der Waals surface area contributed by atoms with E-state index in [2.05, 4.69) is 39.6 Å². The van der Waals surface area contributed by atoms with Crippen LogP contribution in [0.25, 0.3) is 0 Å². The normalized spacial score (nSPS) is 24.6. The van der Waals surface area contributed by atoms with Crippen LogP contribution in [0.1, 0.15) is 31.2 Å². The van der Waals surface area contributed by atoms with Gasteiger partial charge in [0.15, 0.2) is 0 Å². The lowest BCUT2D eigenvalue weighted by molar-refractivity contribution is -0.122. The molecule has 0 spiro atoms. The third-order valence-corrected chi connectivity index (χ3v) is 5.79. The van der Waals surface area contributed by atoms with E-state index in [1.165, 1.54) is 11.3 Å². The Bertz CT molecular complexity index is 761. The lowest BCUT2D eigenvalue weighted by Gasteiger charge is -2.31. The molecule has 1 unspecified atom stereocenters. The van der Waals surface area contributed by atoms with Crippen molar-refractivity contribution >= 4 is 11.6 Å². The summed E-state index contributed by atoms with van der Waals surface area (Å²) < 4.78 is 1.90. The van der Waals surface area contributed by atoms with Gasteiger partial charge >= 0.3 is 0 Å². The van der Waals surface area contributed by atoms with Gasteiger partial charge in [0.2, 0.25) is 5.91 Å². The molecule has 0 radical (unpaired) electrons. The van der Waals surface area contributed by atoms with Crippen molar-refractivity contribution in [3.8, 4) is 0 Å². The van der Waals surface area contributed by atoms with Gasteiger partial charge in [-0.2, -0.15) is 5.10 Å². The third-order valence-electron chi connectivity index (χ3n) is 5.79. The molecule has 1 fully saturated rings. The fourth-order valence-electron chi connectivity index (χ4n) is 4.45. The molecule has 1 aromatic heterocycles. The zero-order chi connectivity index (χ0) is 18.6. The number of carbonyl (C=O) groups excluding carboxylic acids is 1. The highest BCUT2D eigenvalue weighted by atomic mass is 16.3. The number of anilines is 1. The summed E-state index contributed by atoms with van der Waals surface area (Å²) >= 11 is 0. The number of benzene rings is 1. The van der Waals surface area contributed by atoms with Gasteiger partial charge < -0.3 is 15.3 Å². The second-order valence-electron chi connectivity index (χ2n) is 7.78. The minimum atomic E-state index is -0.467. The number of para-hydroxylation sites is 1. The van der Waals surface area contributed by atoms with Crippen molar-refractivity contribution in [1.29, 1.82) is 0 Å². The molecule has 2 aliphatic rings. The van der Waals surface area contributed by atoms with E-state index in [0.29, 0.717) is 18.8 Å². The fraction of sp³-hybridized carbons (Fsp3) is 0.524. The molecule has 3 atom stereocenters. The second kappa shape index (κ2) is 8.13. The number of hydrogen-bond acceptors (Lipinski definition) is 4. The molecule has 2 heterocycles. The highest BCUT2D eigenvalue weighted by Crippen LogP contribution is 2.28. The van der Waals surface area contributed by atoms with E-state index < -0.39 is 6.10 Å². The van der Waals surface area contributed by atoms with E-state index in [1.54, 1.807) is 6.20 Å². The number of fused-ring (bicyclic) bond motifs is 1. The Morgan fingerprint density at radius 3 is 3.00 bits per heavy atom. The summed E-state index contributed by atoms with van der Waals surface area (Å²) in [6.45, 7) is 2.52. The quantitative estimate of drug-likeness (QED) is 0.818. The van der Waals surface area contributed by atoms with Crippen LogP contribution in [0.4, 0.5) is 5.69 Å². The molecule has 144 valence electrons. The molecule has 1 amide bonds. The van der Waals surface area contributed by atoms with Crippen LogP contribution in [0.15, 0.2) is 42.7 Å². The molecular weight excluding hydrogens is 340 g/mol. The van der Waals surface area contributed by atoms with Crippen LogP contribution in [0.2, 0.25) is 0 Å². The summed E-state index contributed by atoms with van der Waals surface area (Å²) in [5, 5.41) is 17.6. The summed E-state index contributed by atoms with van der Waals surface area (Å²) in [5.74, 6) is 0.376. The van der Waals surface area contributed by atoms with Crippen molar-refractivity contribution in [2.45, 2.75) is 50.8 Å². The van der Waals surface area contributed by atoms with E-state index in [0.717, 1.165) is 38.9 Å². The summed E-state index contributed by atoms with van der Waals surface area (Å²) in [6, 6.07) is 10.2. The predicted molar refractivity (Wildman–Crippen MR) is 104 cm³/mol. The zero-order valence-electron chi connectivity index (χ0n) is 15.6. The van der Waals surface area contributed by atoms with Crippen LogP contribution < -0.4 is 10.2 Å². The van der Waals surface area contributed by atoms with Crippen LogP contribution in [0.3, 0.4) is 0 Å². The monoisotopic (exact) mass is 368 g/mol. The van der Waals surface area contributed by atoms with E-state index in [4.69, 9.17) is 0 Å². The van der Waals surface area contributed by atoms with Crippen molar-refractivity contribution in [3.05, 3.63) is 48.3 Å². The maximum atomic E-state index is 12.5. The number of aryl methyl sites for hydroxylation is 1. The first-order valence-corrected chi connectivity index (χ1v) is 9.97. The fourth-order valence-corrected chi connectivity index (χ4v) is 4.45. The van der Waals surface area contributed by atoms with Crippen molar-refractivity contribution in [2.75, 3.05) is 18.0 Å². The number of aliphatic hydroxyl groups is 1. The van der Waals surface area contributed by atoms with Crippen LogP contribution >= 0.6 is 0 Å². The maximum absolute atomic E-state index is 12.5. The predicted octanol–water partition coefficient (Wildman–Crippen LogP) is 1.98. The van der Waals surface area contributed by atoms with Crippen molar-refractivity contribution in [1.82, 2.24) is 15.1 Å². The molecule has 6 heteroatoms. The van der Waals surface area contributed by atoms with Gasteiger partial charge in [0.1, 0.15) is 0 Å². The van der Waals surface area contributed by atoms with Gasteiger partial charge in [-0.15, -0.1) is 0 Å². The molecule has 2 aromatic rings. The standard InChI is InChI=1S/C21H28N4O2/c26-20-14-16(15-25-11-4-9-22-25)13-18(20)23-21(27)8-12-24-10-3-6-17-5-1-2-7-19(17)24/h1-2,4-5,7,9,11,16,18,20,26H,3,6,8,10,12-15H2,(H,23,27)/t16?,18-,20-/m1/s1. The molecule has 1 saturated carbocycles. The van der Waals surface area contributed by atoms with E-state index in [9.17, 15) is 9.90 Å². The Balaban J connectivity index is 1.26. The number of aromatic nitrogens is 2. The van der Waals surface area contributed by atoms with Crippen LogP contribution in [0, 0.1) is 5.92 Å². The Hall–Kier alpha value is -2.34. The summed E-state index contributed by atoms with van der Waals surface area (Å²) in [4.78, 5) is 14.8. The number of nitrogens with zero attached hydrogens (tertiary/aromatic N) is 3. The maximum Gasteiger partial charge on any atom is 0.222 e. The number of rotatable bonds is 6. The van der Waals surface area contributed by atoms with Crippen LogP contribution in [-0.2, 0) is 17.8 Å². The Labute approximate surface area is 160 Å². The molecular formula is C21H28N4O2. The molecule has 27 heavy (non-hydrogen) atoms. The van der Waals surface area contributed by atoms with Gasteiger partial charge in [-0.3, -0.25) is 9.48 Å². The van der Waals surface area contributed by atoms with Gasteiger partial charge in [0.05, 0.1) is 12.1 Å². The third kappa shape index (κ3) is 4.33. The Kier molecular flexibility index (Phi) is 5.43. The van der Waals surface area contributed by atoms with E-state index >= 15 is 0 Å². The van der Waals surface area contributed by atoms with Gasteiger partial charge in [0.25, 0.3) is 0 Å². The van der Waals surface area contributed by atoms with Crippen molar-refractivity contribution in [3.63, 3.8) is 0 Å². The van der Waals surface area contributed by atoms with Crippen molar-refractivity contribution in [2.24, 2.45) is 5.92 Å². The highest BCUT2D eigenvalue weighted by molar-refractivity contribution is 5.77. The minimum Gasteiger partial charge on any atom is -0.391 e. The number of hydrogen-bond donors (Lipinski definition) is 2. The highest BCUT2D eigenvalue weighted by Gasteiger charge is 2.34. The number of aliphatic hydroxyl groups excluding tert-OH is 1. The average Bonchev–Trinajstić information content (AvgIpc) is 3.30. The zero-order valence-corrected chi connectivity index (χ0v) is 15.6. The molecule has 0 bridgehead atoms. The summed E-state index contributed by atoms with van der Waals surface area (Å²) in [6.07, 6.45) is 7.47. The molecule has 1 aromatic carbocycles. The number of amides is 1. The SMILES string of the molecule is O=C(CCN1CCCc2ccccc21)N[C@@H]1CC(Cn2cccn2)C[C@H]1O. The summed E-state index contributed by atoms with van der Waals surface area (Å²) in [5.41, 5.74) is 2.63. The molecule has 2 N–H and O–H groups in total. The molecule has 1 aliphatic heterocycles. The number of carbonyl (C=O) groups is 1. The van der Waals surface area contributed by atoms with Gasteiger partial charge in [-0.05, 0) is 49.3 Å². The molecule has 0 saturated heterocycles. The molecule has 4 rings (SSSR count). The molecule has 1 aliphatic carbocycles. The first kappa shape index (κ1) is 18.0. The Morgan fingerprint density at radius 2 is 2.15 bits per heavy atom. The topological polar surface area (TPSA) is 70.4 Å². The first-order chi connectivity index (χ1) is 13.2. The van der Waals surface area contributed by atoms with Gasteiger partial charge in [-0.1, -0.05) is 18.2 Å². The van der Waals surface area contributed by atoms with Crippen LogP contribution in [0.5, 0.6) is 0 Å². The lowest BCUT2D eigenvalue weighted by Crippen LogP contribution is -2.41. The van der Waals surface area contributed by atoms with Gasteiger partial charge in [0, 0.05) is 44.1 Å². The first-order valence-electron chi connectivity index (χ1n) is 9.97. The number of nitrogens with one attached hydrogen (secondary N) is 1.